The number of ether oxygens (including phenoxy) is 1. The minimum atomic E-state index is -3.15. The topological polar surface area (TPSA) is 131 Å². The fraction of sp³-hybridized carbons (Fsp3) is 0.609. The van der Waals surface area contributed by atoms with Crippen LogP contribution in [0.2, 0.25) is 0 Å². The average Bonchev–Trinajstić information content (AvgIpc) is 3.41. The number of hydrogen-bond donors (Lipinski definition) is 0. The molecule has 0 amide bonds. The Morgan fingerprint density at radius 3 is 2.71 bits per heavy atom. The number of nitriles is 1. The first kappa shape index (κ1) is 24.1. The van der Waals surface area contributed by atoms with Gasteiger partial charge in [0.05, 0.1) is 40.6 Å². The van der Waals surface area contributed by atoms with Crippen molar-refractivity contribution in [1.29, 1.82) is 5.26 Å². The number of rotatable bonds is 7. The lowest BCUT2D eigenvalue weighted by atomic mass is 9.74. The van der Waals surface area contributed by atoms with Crippen molar-refractivity contribution in [3.8, 4) is 17.3 Å². The second-order valence-electron chi connectivity index (χ2n) is 10.1. The first-order chi connectivity index (χ1) is 16.0. The molecule has 0 aromatic carbocycles. The van der Waals surface area contributed by atoms with E-state index in [-0.39, 0.29) is 24.9 Å². The maximum absolute atomic E-state index is 12.3. The lowest BCUT2D eigenvalue weighted by molar-refractivity contribution is -0.152. The van der Waals surface area contributed by atoms with E-state index in [1.165, 1.54) is 6.33 Å². The Hall–Kier alpha value is -3.00. The van der Waals surface area contributed by atoms with Crippen molar-refractivity contribution in [2.24, 2.45) is 5.41 Å². The Labute approximate surface area is 199 Å². The van der Waals surface area contributed by atoms with Gasteiger partial charge in [0, 0.05) is 29.6 Å². The smallest absolute Gasteiger partial charge is 0.312 e. The quantitative estimate of drug-likeness (QED) is 0.541. The largest absolute Gasteiger partial charge is 0.444 e. The third kappa shape index (κ3) is 4.27. The molecule has 182 valence electrons. The van der Waals surface area contributed by atoms with Crippen molar-refractivity contribution in [2.45, 2.75) is 64.2 Å². The van der Waals surface area contributed by atoms with Gasteiger partial charge < -0.3 is 9.64 Å². The van der Waals surface area contributed by atoms with E-state index < -0.39 is 26.0 Å². The summed E-state index contributed by atoms with van der Waals surface area (Å²) in [6.45, 7) is 7.86. The van der Waals surface area contributed by atoms with Gasteiger partial charge >= 0.3 is 5.97 Å². The Kier molecular flexibility index (Phi) is 6.14. The molecule has 2 aliphatic rings. The molecule has 0 atom stereocenters. The van der Waals surface area contributed by atoms with Crippen LogP contribution < -0.4 is 4.90 Å². The van der Waals surface area contributed by atoms with Gasteiger partial charge in [0.1, 0.15) is 12.1 Å². The highest BCUT2D eigenvalue weighted by Crippen LogP contribution is 2.46. The highest BCUT2D eigenvalue weighted by atomic mass is 32.2. The molecule has 1 aliphatic carbocycles. The molecule has 0 saturated heterocycles. The van der Waals surface area contributed by atoms with Gasteiger partial charge in [-0.15, -0.1) is 0 Å². The van der Waals surface area contributed by atoms with Crippen LogP contribution in [-0.2, 0) is 31.3 Å². The molecule has 4 rings (SSSR count). The number of hydrogen-bond acceptors (Lipinski definition) is 9. The summed E-state index contributed by atoms with van der Waals surface area (Å²) in [7, 11) is -3.15. The molecular weight excluding hydrogens is 456 g/mol. The third-order valence-electron chi connectivity index (χ3n) is 6.69. The Morgan fingerprint density at radius 2 is 2.06 bits per heavy atom. The molecule has 0 radical (unpaired) electrons. The van der Waals surface area contributed by atoms with E-state index in [1.54, 1.807) is 17.8 Å². The van der Waals surface area contributed by atoms with Gasteiger partial charge in [-0.1, -0.05) is 6.92 Å². The maximum Gasteiger partial charge on any atom is 0.312 e. The summed E-state index contributed by atoms with van der Waals surface area (Å²) < 4.78 is 31.8. The lowest BCUT2D eigenvalue weighted by Gasteiger charge is -2.45. The molecule has 11 heteroatoms. The van der Waals surface area contributed by atoms with Gasteiger partial charge in [-0.2, -0.15) is 10.4 Å². The molecule has 1 aliphatic heterocycles. The fourth-order valence-electron chi connectivity index (χ4n) is 4.53. The van der Waals surface area contributed by atoms with Crippen LogP contribution in [0, 0.1) is 16.7 Å². The van der Waals surface area contributed by atoms with Crippen LogP contribution in [0.1, 0.15) is 52.5 Å². The zero-order valence-electron chi connectivity index (χ0n) is 20.0. The van der Waals surface area contributed by atoms with Gasteiger partial charge in [0.25, 0.3) is 0 Å². The molecule has 0 unspecified atom stereocenters. The molecule has 0 N–H and O–H groups in total. The number of fused-ring (bicyclic) bond motifs is 1. The number of carbonyl (C=O) groups excluding carboxylic acids is 1. The Bertz CT molecular complexity index is 1230. The van der Waals surface area contributed by atoms with Crippen LogP contribution in [0.15, 0.2) is 18.7 Å². The van der Waals surface area contributed by atoms with Gasteiger partial charge in [-0.05, 0) is 40.0 Å². The SMILES string of the molecule is CCS(=O)(=O)C1CC(CC#N)(n2cc(-c3ncnc4c3CCN4COC(=O)C(C)(C)C)cn2)C1. The van der Waals surface area contributed by atoms with Crippen LogP contribution in [0.5, 0.6) is 0 Å². The van der Waals surface area contributed by atoms with Crippen LogP contribution >= 0.6 is 0 Å². The zero-order chi connectivity index (χ0) is 24.7. The van der Waals surface area contributed by atoms with Crippen LogP contribution in [0.25, 0.3) is 11.3 Å². The van der Waals surface area contributed by atoms with Crippen molar-refractivity contribution < 1.29 is 17.9 Å². The highest BCUT2D eigenvalue weighted by molar-refractivity contribution is 7.92. The summed E-state index contributed by atoms with van der Waals surface area (Å²) in [5.41, 5.74) is 1.27. The Balaban J connectivity index is 1.55. The molecule has 0 spiro atoms. The van der Waals surface area contributed by atoms with Gasteiger partial charge in [0.15, 0.2) is 16.6 Å². The molecule has 2 aromatic rings. The van der Waals surface area contributed by atoms with E-state index in [0.717, 1.165) is 22.6 Å². The molecule has 34 heavy (non-hydrogen) atoms. The summed E-state index contributed by atoms with van der Waals surface area (Å²) in [6.07, 6.45) is 6.68. The van der Waals surface area contributed by atoms with Crippen LogP contribution in [0.3, 0.4) is 0 Å². The molecular formula is C23H30N6O4S. The summed E-state index contributed by atoms with van der Waals surface area (Å²) in [6, 6.07) is 2.20. The van der Waals surface area contributed by atoms with Crippen LogP contribution in [0.4, 0.5) is 5.82 Å². The van der Waals surface area contributed by atoms with Crippen molar-refractivity contribution in [2.75, 3.05) is 23.9 Å². The summed E-state index contributed by atoms with van der Waals surface area (Å²) in [4.78, 5) is 23.0. The van der Waals surface area contributed by atoms with Crippen molar-refractivity contribution in [3.63, 3.8) is 0 Å². The van der Waals surface area contributed by atoms with Crippen molar-refractivity contribution in [3.05, 3.63) is 24.3 Å². The predicted molar refractivity (Wildman–Crippen MR) is 125 cm³/mol. The third-order valence-corrected chi connectivity index (χ3v) is 8.85. The predicted octanol–water partition coefficient (Wildman–Crippen LogP) is 2.46. The van der Waals surface area contributed by atoms with Crippen LogP contribution in [-0.4, -0.2) is 58.4 Å². The highest BCUT2D eigenvalue weighted by Gasteiger charge is 2.51. The number of sulfone groups is 1. The van der Waals surface area contributed by atoms with E-state index in [2.05, 4.69) is 21.1 Å². The first-order valence-corrected chi connectivity index (χ1v) is 13.1. The molecule has 2 aromatic heterocycles. The minimum Gasteiger partial charge on any atom is -0.444 e. The zero-order valence-corrected chi connectivity index (χ0v) is 20.8. The van der Waals surface area contributed by atoms with E-state index >= 15 is 0 Å². The number of esters is 1. The number of nitrogens with zero attached hydrogens (tertiary/aromatic N) is 6. The van der Waals surface area contributed by atoms with Gasteiger partial charge in [-0.3, -0.25) is 9.48 Å². The molecule has 1 fully saturated rings. The lowest BCUT2D eigenvalue weighted by Crippen LogP contribution is -2.52. The van der Waals surface area contributed by atoms with E-state index in [4.69, 9.17) is 4.74 Å². The van der Waals surface area contributed by atoms with E-state index in [0.29, 0.717) is 25.8 Å². The normalized spacial score (nSPS) is 22.1. The molecule has 1 saturated carbocycles. The van der Waals surface area contributed by atoms with E-state index in [1.807, 2.05) is 31.9 Å². The summed E-state index contributed by atoms with van der Waals surface area (Å²) >= 11 is 0. The minimum absolute atomic E-state index is 0.0965. The molecule has 3 heterocycles. The average molecular weight is 487 g/mol. The van der Waals surface area contributed by atoms with Gasteiger partial charge in [-0.25, -0.2) is 18.4 Å². The van der Waals surface area contributed by atoms with Crippen molar-refractivity contribution in [1.82, 2.24) is 19.7 Å². The maximum atomic E-state index is 12.3. The Morgan fingerprint density at radius 1 is 1.32 bits per heavy atom. The second-order valence-corrected chi connectivity index (χ2v) is 12.6. The standard InChI is InChI=1S/C23H30N6O4S/c1-5-34(31,32)17-10-23(11-17,7-8-24)29-13-16(12-27-29)19-18-6-9-28(20(18)26-14-25-19)15-33-21(30)22(2,3)4/h12-14,17H,5-7,9-11,15H2,1-4H3. The number of anilines is 1. The number of aromatic nitrogens is 4. The number of carbonyl (C=O) groups is 1. The van der Waals surface area contributed by atoms with E-state index in [9.17, 15) is 18.5 Å². The molecule has 0 bridgehead atoms. The molecule has 10 nitrogen and oxygen atoms in total. The first-order valence-electron chi connectivity index (χ1n) is 11.4. The monoisotopic (exact) mass is 486 g/mol. The summed E-state index contributed by atoms with van der Waals surface area (Å²) in [5.74, 6) is 0.548. The fourth-order valence-corrected chi connectivity index (χ4v) is 6.13. The van der Waals surface area contributed by atoms with Crippen molar-refractivity contribution >= 4 is 21.6 Å². The van der Waals surface area contributed by atoms with Gasteiger partial charge in [0.2, 0.25) is 0 Å². The second kappa shape index (κ2) is 8.65. The summed E-state index contributed by atoms with van der Waals surface area (Å²) in [5, 5.41) is 13.5.